The van der Waals surface area contributed by atoms with Crippen LogP contribution in [0, 0.1) is 0 Å². The molecule has 0 bridgehead atoms. The average molecular weight is 691 g/mol. The number of carbonyl (C=O) groups is 2. The zero-order valence-corrected chi connectivity index (χ0v) is 29.1. The first kappa shape index (κ1) is 34.0. The second kappa shape index (κ2) is 15.5. The van der Waals surface area contributed by atoms with Crippen molar-refractivity contribution < 1.29 is 14.3 Å². The largest absolute Gasteiger partial charge is 0.443 e. The topological polar surface area (TPSA) is 86.8 Å². The van der Waals surface area contributed by atoms with Gasteiger partial charge < -0.3 is 15.4 Å². The van der Waals surface area contributed by atoms with Crippen molar-refractivity contribution in [3.05, 3.63) is 63.5 Å². The lowest BCUT2D eigenvalue weighted by Crippen LogP contribution is -2.48. The summed E-state index contributed by atoms with van der Waals surface area (Å²) in [4.78, 5) is 35.1. The first-order valence-electron chi connectivity index (χ1n) is 15.4. The van der Waals surface area contributed by atoms with Gasteiger partial charge in [0.1, 0.15) is 5.60 Å². The van der Waals surface area contributed by atoms with Gasteiger partial charge in [0.05, 0.1) is 21.5 Å². The third-order valence-electron chi connectivity index (χ3n) is 7.84. The SMILES string of the molecule is CC(C)(C)OC(=O)N(c1cccc(-c2csc(SCC(=O)NC3CCN(Cc4ccc(Cl)c(Cl)c4)CC3)n2)c1)C1CCNCC1. The standard InChI is InChI=1S/C33H41Cl2N5O3S2/c1-33(2,3)43-32(42)40(25-9-13-36-14-10-25)26-6-4-5-23(18-26)29-20-44-31(38-29)45-21-30(41)37-24-11-15-39(16-12-24)19-22-7-8-27(34)28(35)17-22/h4-8,17-18,20,24-25,36H,9-16,19,21H2,1-3H3,(H,37,41). The number of likely N-dealkylation sites (tertiary alicyclic amines) is 1. The molecule has 0 aliphatic carbocycles. The maximum atomic E-state index is 13.3. The number of rotatable bonds is 9. The van der Waals surface area contributed by atoms with Gasteiger partial charge in [-0.25, -0.2) is 9.78 Å². The zero-order valence-electron chi connectivity index (χ0n) is 26.0. The van der Waals surface area contributed by atoms with Crippen molar-refractivity contribution >= 4 is 64.0 Å². The predicted molar refractivity (Wildman–Crippen MR) is 186 cm³/mol. The molecule has 1 aromatic heterocycles. The molecule has 3 heterocycles. The predicted octanol–water partition coefficient (Wildman–Crippen LogP) is 7.48. The van der Waals surface area contributed by atoms with Gasteiger partial charge in [-0.2, -0.15) is 0 Å². The molecule has 2 saturated heterocycles. The van der Waals surface area contributed by atoms with Crippen molar-refractivity contribution in [2.45, 2.75) is 75.0 Å². The van der Waals surface area contributed by atoms with E-state index in [0.717, 1.165) is 85.3 Å². The first-order chi connectivity index (χ1) is 21.5. The fourth-order valence-corrected chi connectivity index (χ4v) is 7.61. The van der Waals surface area contributed by atoms with Crippen LogP contribution in [0.4, 0.5) is 10.5 Å². The van der Waals surface area contributed by atoms with Crippen molar-refractivity contribution in [2.24, 2.45) is 0 Å². The van der Waals surface area contributed by atoms with Gasteiger partial charge in [-0.3, -0.25) is 14.6 Å². The Morgan fingerprint density at radius 1 is 1.09 bits per heavy atom. The zero-order chi connectivity index (χ0) is 32.0. The molecule has 0 radical (unpaired) electrons. The van der Waals surface area contributed by atoms with E-state index in [-0.39, 0.29) is 24.1 Å². The highest BCUT2D eigenvalue weighted by molar-refractivity contribution is 8.01. The average Bonchev–Trinajstić information content (AvgIpc) is 3.48. The van der Waals surface area contributed by atoms with Crippen LogP contribution in [0.2, 0.25) is 10.0 Å². The Bertz CT molecular complexity index is 1470. The minimum absolute atomic E-state index is 0.0247. The molecule has 5 rings (SSSR count). The number of ether oxygens (including phenoxy) is 1. The number of nitrogens with zero attached hydrogens (tertiary/aromatic N) is 3. The molecular weight excluding hydrogens is 649 g/mol. The van der Waals surface area contributed by atoms with Crippen LogP contribution in [-0.4, -0.2) is 71.5 Å². The molecular formula is C33H41Cl2N5O3S2. The molecule has 2 aliphatic rings. The second-order valence-electron chi connectivity index (χ2n) is 12.5. The molecule has 45 heavy (non-hydrogen) atoms. The number of benzene rings is 2. The Morgan fingerprint density at radius 3 is 2.56 bits per heavy atom. The Kier molecular flexibility index (Phi) is 11.7. The van der Waals surface area contributed by atoms with E-state index in [9.17, 15) is 9.59 Å². The number of hydrogen-bond acceptors (Lipinski definition) is 8. The van der Waals surface area contributed by atoms with Gasteiger partial charge in [-0.05, 0) is 89.4 Å². The van der Waals surface area contributed by atoms with E-state index in [1.807, 2.05) is 68.6 Å². The Morgan fingerprint density at radius 2 is 1.84 bits per heavy atom. The molecule has 12 heteroatoms. The summed E-state index contributed by atoms with van der Waals surface area (Å²) in [6.45, 7) is 10.0. The van der Waals surface area contributed by atoms with Crippen LogP contribution in [0.25, 0.3) is 11.3 Å². The number of piperidine rings is 2. The van der Waals surface area contributed by atoms with Crippen molar-refractivity contribution in [3.63, 3.8) is 0 Å². The number of thioether (sulfide) groups is 1. The molecule has 0 unspecified atom stereocenters. The van der Waals surface area contributed by atoms with Crippen LogP contribution in [0.1, 0.15) is 52.0 Å². The lowest BCUT2D eigenvalue weighted by molar-refractivity contribution is -0.119. The van der Waals surface area contributed by atoms with Gasteiger partial charge in [0.2, 0.25) is 5.91 Å². The number of hydrogen-bond donors (Lipinski definition) is 2. The van der Waals surface area contributed by atoms with E-state index >= 15 is 0 Å². The van der Waals surface area contributed by atoms with Crippen LogP contribution >= 0.6 is 46.3 Å². The van der Waals surface area contributed by atoms with Crippen LogP contribution in [0.3, 0.4) is 0 Å². The van der Waals surface area contributed by atoms with Gasteiger partial charge in [-0.1, -0.05) is 53.2 Å². The van der Waals surface area contributed by atoms with Crippen LogP contribution < -0.4 is 15.5 Å². The fraction of sp³-hybridized carbons (Fsp3) is 0.485. The molecule has 242 valence electrons. The van der Waals surface area contributed by atoms with E-state index in [1.54, 1.807) is 4.90 Å². The van der Waals surface area contributed by atoms with Crippen LogP contribution in [0.15, 0.2) is 52.2 Å². The summed E-state index contributed by atoms with van der Waals surface area (Å²) in [5.74, 6) is 0.343. The maximum absolute atomic E-state index is 13.3. The van der Waals surface area contributed by atoms with E-state index in [0.29, 0.717) is 15.8 Å². The van der Waals surface area contributed by atoms with Gasteiger partial charge in [0.15, 0.2) is 4.34 Å². The maximum Gasteiger partial charge on any atom is 0.415 e. The molecule has 0 atom stereocenters. The van der Waals surface area contributed by atoms with Crippen LogP contribution in [0.5, 0.6) is 0 Å². The van der Waals surface area contributed by atoms with Gasteiger partial charge in [-0.15, -0.1) is 11.3 Å². The van der Waals surface area contributed by atoms with Crippen molar-refractivity contribution in [2.75, 3.05) is 36.8 Å². The number of nitrogens with one attached hydrogen (secondary N) is 2. The van der Waals surface area contributed by atoms with Gasteiger partial charge in [0, 0.05) is 48.3 Å². The highest BCUT2D eigenvalue weighted by Gasteiger charge is 2.31. The summed E-state index contributed by atoms with van der Waals surface area (Å²) in [6, 6.07) is 13.9. The molecule has 2 fully saturated rings. The molecule has 0 spiro atoms. The quantitative estimate of drug-likeness (QED) is 0.225. The summed E-state index contributed by atoms with van der Waals surface area (Å²) in [5.41, 5.74) is 3.11. The second-order valence-corrected chi connectivity index (χ2v) is 15.4. The molecule has 2 N–H and O–H groups in total. The van der Waals surface area contributed by atoms with Crippen molar-refractivity contribution in [1.29, 1.82) is 0 Å². The third-order valence-corrected chi connectivity index (χ3v) is 10.6. The van der Waals surface area contributed by atoms with Crippen molar-refractivity contribution in [3.8, 4) is 11.3 Å². The first-order valence-corrected chi connectivity index (χ1v) is 18.0. The third kappa shape index (κ3) is 9.83. The molecule has 3 aromatic rings. The van der Waals surface area contributed by atoms with E-state index in [1.165, 1.54) is 23.1 Å². The number of halogens is 2. The van der Waals surface area contributed by atoms with E-state index in [2.05, 4.69) is 15.5 Å². The molecule has 2 amide bonds. The minimum atomic E-state index is -0.586. The number of amides is 2. The van der Waals surface area contributed by atoms with Crippen molar-refractivity contribution in [1.82, 2.24) is 20.5 Å². The normalized spacial score (nSPS) is 16.8. The number of carbonyl (C=O) groups excluding carboxylic acids is 2. The summed E-state index contributed by atoms with van der Waals surface area (Å²) >= 11 is 15.2. The summed E-state index contributed by atoms with van der Waals surface area (Å²) in [7, 11) is 0. The van der Waals surface area contributed by atoms with Crippen LogP contribution in [-0.2, 0) is 16.1 Å². The summed E-state index contributed by atoms with van der Waals surface area (Å²) in [5, 5.41) is 9.73. The minimum Gasteiger partial charge on any atom is -0.443 e. The molecule has 2 aliphatic heterocycles. The monoisotopic (exact) mass is 689 g/mol. The highest BCUT2D eigenvalue weighted by Crippen LogP contribution is 2.32. The summed E-state index contributed by atoms with van der Waals surface area (Å²) < 4.78 is 6.64. The van der Waals surface area contributed by atoms with Gasteiger partial charge in [0.25, 0.3) is 0 Å². The van der Waals surface area contributed by atoms with E-state index in [4.69, 9.17) is 32.9 Å². The fourth-order valence-electron chi connectivity index (χ4n) is 5.64. The number of thiazole rings is 1. The lowest BCUT2D eigenvalue weighted by Gasteiger charge is -2.36. The van der Waals surface area contributed by atoms with Gasteiger partial charge >= 0.3 is 6.09 Å². The van der Waals surface area contributed by atoms with E-state index < -0.39 is 5.60 Å². The molecule has 8 nitrogen and oxygen atoms in total. The number of aromatic nitrogens is 1. The Labute approximate surface area is 284 Å². The highest BCUT2D eigenvalue weighted by atomic mass is 35.5. The molecule has 0 saturated carbocycles. The smallest absolute Gasteiger partial charge is 0.415 e. The molecule has 2 aromatic carbocycles. The lowest BCUT2D eigenvalue weighted by atomic mass is 10.0. The summed E-state index contributed by atoms with van der Waals surface area (Å²) in [6.07, 6.45) is 3.21. The number of anilines is 1. The Balaban J connectivity index is 1.13. The Hall–Kier alpha value is -2.34.